The molecule has 0 saturated carbocycles. The lowest BCUT2D eigenvalue weighted by molar-refractivity contribution is -0.137. The second-order valence-corrected chi connectivity index (χ2v) is 6.25. The van der Waals surface area contributed by atoms with Gasteiger partial charge in [-0.2, -0.15) is 0 Å². The van der Waals surface area contributed by atoms with E-state index in [1.165, 1.54) is 45.2 Å². The number of primary sulfonamides is 1. The van der Waals surface area contributed by atoms with E-state index in [2.05, 4.69) is 0 Å². The molecule has 0 spiro atoms. The molecule has 0 bridgehead atoms. The van der Waals surface area contributed by atoms with Crippen molar-refractivity contribution in [3.05, 3.63) is 23.8 Å². The zero-order valence-corrected chi connectivity index (χ0v) is 13.5. The number of amides is 1. The normalized spacial score (nSPS) is 12.4. The van der Waals surface area contributed by atoms with Crippen LogP contribution in [0.25, 0.3) is 0 Å². The number of carbonyl (C=O) groups excluding carboxylic acids is 2. The molecule has 0 fully saturated rings. The Morgan fingerprint density at radius 3 is 2.32 bits per heavy atom. The molecule has 0 unspecified atom stereocenters. The molecule has 1 rings (SSSR count). The number of nitrogens with two attached hydrogens (primary N) is 1. The molecule has 8 nitrogen and oxygen atoms in total. The third-order valence-corrected chi connectivity index (χ3v) is 3.70. The van der Waals surface area contributed by atoms with Gasteiger partial charge < -0.3 is 14.4 Å². The van der Waals surface area contributed by atoms with Gasteiger partial charge in [-0.05, 0) is 25.1 Å². The van der Waals surface area contributed by atoms with Gasteiger partial charge in [0.15, 0.2) is 6.10 Å². The number of rotatable bonds is 5. The number of ether oxygens (including phenoxy) is 2. The molecular formula is C13H18N2O6S. The van der Waals surface area contributed by atoms with E-state index in [9.17, 15) is 18.0 Å². The summed E-state index contributed by atoms with van der Waals surface area (Å²) in [5.41, 5.74) is -0.132. The molecule has 0 saturated heterocycles. The highest BCUT2D eigenvalue weighted by Crippen LogP contribution is 2.23. The van der Waals surface area contributed by atoms with Crippen LogP contribution in [0.1, 0.15) is 17.3 Å². The predicted molar refractivity (Wildman–Crippen MR) is 77.9 cm³/mol. The maximum atomic E-state index is 12.1. The van der Waals surface area contributed by atoms with Crippen molar-refractivity contribution in [2.45, 2.75) is 17.9 Å². The van der Waals surface area contributed by atoms with Crippen LogP contribution in [0.3, 0.4) is 0 Å². The summed E-state index contributed by atoms with van der Waals surface area (Å²) in [6.07, 6.45) is -1.02. The molecule has 0 aromatic heterocycles. The Morgan fingerprint density at radius 2 is 1.86 bits per heavy atom. The molecule has 122 valence electrons. The number of nitrogens with zero attached hydrogens (tertiary/aromatic N) is 1. The highest BCUT2D eigenvalue weighted by molar-refractivity contribution is 7.89. The zero-order valence-electron chi connectivity index (χ0n) is 12.7. The minimum atomic E-state index is -3.98. The van der Waals surface area contributed by atoms with Crippen LogP contribution in [0, 0.1) is 0 Å². The van der Waals surface area contributed by atoms with Gasteiger partial charge in [0.1, 0.15) is 11.3 Å². The van der Waals surface area contributed by atoms with Gasteiger partial charge >= 0.3 is 5.97 Å². The van der Waals surface area contributed by atoms with E-state index < -0.39 is 28.0 Å². The first-order valence-electron chi connectivity index (χ1n) is 6.21. The number of sulfonamides is 1. The summed E-state index contributed by atoms with van der Waals surface area (Å²) < 4.78 is 32.7. The minimum absolute atomic E-state index is 0.113. The van der Waals surface area contributed by atoms with Crippen LogP contribution in [0.15, 0.2) is 23.1 Å². The number of hydrogen-bond acceptors (Lipinski definition) is 6. The van der Waals surface area contributed by atoms with Crippen molar-refractivity contribution in [3.8, 4) is 5.75 Å². The van der Waals surface area contributed by atoms with Crippen molar-refractivity contribution in [1.29, 1.82) is 0 Å². The van der Waals surface area contributed by atoms with Crippen LogP contribution in [0.2, 0.25) is 0 Å². The zero-order chi connectivity index (χ0) is 17.1. The Bertz CT molecular complexity index is 684. The molecule has 1 aromatic carbocycles. The monoisotopic (exact) mass is 330 g/mol. The minimum Gasteiger partial charge on any atom is -0.496 e. The lowest BCUT2D eigenvalue weighted by Crippen LogP contribution is -2.35. The number of benzene rings is 1. The molecule has 1 aromatic rings. The third kappa shape index (κ3) is 4.18. The average molecular weight is 330 g/mol. The second-order valence-electron chi connectivity index (χ2n) is 4.69. The van der Waals surface area contributed by atoms with Crippen molar-refractivity contribution in [3.63, 3.8) is 0 Å². The SMILES string of the molecule is COc1ccc(S(N)(=O)=O)cc1C(=O)O[C@H](C)C(=O)N(C)C. The summed E-state index contributed by atoms with van der Waals surface area (Å²) in [4.78, 5) is 24.8. The van der Waals surface area contributed by atoms with Gasteiger partial charge in [-0.25, -0.2) is 18.4 Å². The van der Waals surface area contributed by atoms with Crippen LogP contribution in [-0.4, -0.2) is 52.5 Å². The molecule has 0 aliphatic rings. The van der Waals surface area contributed by atoms with Crippen LogP contribution >= 0.6 is 0 Å². The first kappa shape index (κ1) is 17.9. The van der Waals surface area contributed by atoms with Gasteiger partial charge in [-0.3, -0.25) is 4.79 Å². The summed E-state index contributed by atoms with van der Waals surface area (Å²) in [5, 5.41) is 5.03. The predicted octanol–water partition coefficient (Wildman–Crippen LogP) is -0.0239. The summed E-state index contributed by atoms with van der Waals surface area (Å²) >= 11 is 0. The van der Waals surface area contributed by atoms with E-state index in [0.29, 0.717) is 0 Å². The van der Waals surface area contributed by atoms with Crippen LogP contribution < -0.4 is 9.88 Å². The molecule has 22 heavy (non-hydrogen) atoms. The number of esters is 1. The fourth-order valence-electron chi connectivity index (χ4n) is 1.66. The van der Waals surface area contributed by atoms with E-state index in [4.69, 9.17) is 14.6 Å². The topological polar surface area (TPSA) is 116 Å². The van der Waals surface area contributed by atoms with E-state index in [0.717, 1.165) is 6.07 Å². The molecule has 1 atom stereocenters. The number of carbonyl (C=O) groups is 2. The average Bonchev–Trinajstić information content (AvgIpc) is 2.44. The summed E-state index contributed by atoms with van der Waals surface area (Å²) in [6, 6.07) is 3.54. The Morgan fingerprint density at radius 1 is 1.27 bits per heavy atom. The number of hydrogen-bond donors (Lipinski definition) is 1. The highest BCUT2D eigenvalue weighted by atomic mass is 32.2. The molecule has 9 heteroatoms. The van der Waals surface area contributed by atoms with Crippen molar-refractivity contribution in [1.82, 2.24) is 4.90 Å². The van der Waals surface area contributed by atoms with Gasteiger partial charge in [0.25, 0.3) is 5.91 Å². The highest BCUT2D eigenvalue weighted by Gasteiger charge is 2.24. The first-order valence-corrected chi connectivity index (χ1v) is 7.75. The molecule has 2 N–H and O–H groups in total. The molecule has 0 aliphatic heterocycles. The second kappa shape index (κ2) is 6.75. The van der Waals surface area contributed by atoms with Gasteiger partial charge in [0.2, 0.25) is 10.0 Å². The lowest BCUT2D eigenvalue weighted by Gasteiger charge is -2.18. The molecule has 0 radical (unpaired) electrons. The van der Waals surface area contributed by atoms with Gasteiger partial charge in [0.05, 0.1) is 12.0 Å². The van der Waals surface area contributed by atoms with E-state index in [1.807, 2.05) is 0 Å². The largest absolute Gasteiger partial charge is 0.496 e. The molecular weight excluding hydrogens is 312 g/mol. The quantitative estimate of drug-likeness (QED) is 0.758. The van der Waals surface area contributed by atoms with Crippen molar-refractivity contribution >= 4 is 21.9 Å². The van der Waals surface area contributed by atoms with Crippen molar-refractivity contribution in [2.24, 2.45) is 5.14 Å². The van der Waals surface area contributed by atoms with Crippen molar-refractivity contribution in [2.75, 3.05) is 21.2 Å². The third-order valence-electron chi connectivity index (χ3n) is 2.79. The smallest absolute Gasteiger partial charge is 0.342 e. The number of likely N-dealkylation sites (N-methyl/N-ethyl adjacent to an activating group) is 1. The van der Waals surface area contributed by atoms with Gasteiger partial charge in [0, 0.05) is 14.1 Å². The fraction of sp³-hybridized carbons (Fsp3) is 0.385. The van der Waals surface area contributed by atoms with Crippen LogP contribution in [0.4, 0.5) is 0 Å². The number of methoxy groups -OCH3 is 1. The maximum absolute atomic E-state index is 12.1. The van der Waals surface area contributed by atoms with E-state index in [1.54, 1.807) is 0 Å². The van der Waals surface area contributed by atoms with Gasteiger partial charge in [-0.15, -0.1) is 0 Å². The van der Waals surface area contributed by atoms with E-state index in [-0.39, 0.29) is 16.2 Å². The molecule has 0 heterocycles. The maximum Gasteiger partial charge on any atom is 0.342 e. The molecule has 0 aliphatic carbocycles. The summed E-state index contributed by atoms with van der Waals surface area (Å²) in [6.45, 7) is 1.41. The summed E-state index contributed by atoms with van der Waals surface area (Å²) in [5.74, 6) is -1.18. The Kier molecular flexibility index (Phi) is 5.50. The molecule has 1 amide bonds. The Labute approximate surface area is 128 Å². The first-order chi connectivity index (χ1) is 10.1. The van der Waals surface area contributed by atoms with Crippen molar-refractivity contribution < 1.29 is 27.5 Å². The summed E-state index contributed by atoms with van der Waals surface area (Å²) in [7, 11) is 0.381. The Hall–Kier alpha value is -2.13. The van der Waals surface area contributed by atoms with E-state index >= 15 is 0 Å². The van der Waals surface area contributed by atoms with Crippen LogP contribution in [-0.2, 0) is 19.6 Å². The van der Waals surface area contributed by atoms with Gasteiger partial charge in [-0.1, -0.05) is 0 Å². The van der Waals surface area contributed by atoms with Crippen LogP contribution in [0.5, 0.6) is 5.75 Å². The fourth-order valence-corrected chi connectivity index (χ4v) is 2.20. The lowest BCUT2D eigenvalue weighted by atomic mass is 10.2. The standard InChI is InChI=1S/C13H18N2O6S/c1-8(12(16)15(2)3)21-13(17)10-7-9(22(14,18)19)5-6-11(10)20-4/h5-8H,1-4H3,(H2,14,18,19)/t8-/m1/s1. The Balaban J connectivity index is 3.13.